The number of nitrogens with zero attached hydrogens (tertiary/aromatic N) is 1. The minimum absolute atomic E-state index is 0.151. The van der Waals surface area contributed by atoms with E-state index in [1.807, 2.05) is 31.3 Å². The Kier molecular flexibility index (Phi) is 7.33. The maximum atomic E-state index is 11.5. The summed E-state index contributed by atoms with van der Waals surface area (Å²) in [4.78, 5) is 13.3. The van der Waals surface area contributed by atoms with E-state index in [-0.39, 0.29) is 5.91 Å². The van der Waals surface area contributed by atoms with Gasteiger partial charge in [0.2, 0.25) is 5.91 Å². The van der Waals surface area contributed by atoms with E-state index in [9.17, 15) is 4.79 Å². The number of hydrogen-bond donors (Lipinski definition) is 0. The van der Waals surface area contributed by atoms with Crippen LogP contribution in [-0.2, 0) is 4.79 Å². The van der Waals surface area contributed by atoms with Crippen molar-refractivity contribution in [2.75, 3.05) is 32.6 Å². The lowest BCUT2D eigenvalue weighted by atomic mass is 10.3. The van der Waals surface area contributed by atoms with Crippen molar-refractivity contribution in [2.24, 2.45) is 0 Å². The number of ether oxygens (including phenoxy) is 2. The molecule has 0 aliphatic rings. The fraction of sp³-hybridized carbons (Fsp3) is 0.500. The van der Waals surface area contributed by atoms with Crippen molar-refractivity contribution in [3.8, 4) is 11.5 Å². The summed E-state index contributed by atoms with van der Waals surface area (Å²) in [5, 5.41) is 0.705. The summed E-state index contributed by atoms with van der Waals surface area (Å²) in [6.45, 7) is 1.29. The Morgan fingerprint density at radius 1 is 1.37 bits per heavy atom. The Hall–Kier alpha value is -1.23. The minimum Gasteiger partial charge on any atom is -0.497 e. The molecule has 0 bridgehead atoms. The quantitative estimate of drug-likeness (QED) is 0.543. The van der Waals surface area contributed by atoms with E-state index in [2.05, 4.69) is 15.9 Å². The first-order valence-electron chi connectivity index (χ1n) is 6.24. The van der Waals surface area contributed by atoms with Crippen molar-refractivity contribution in [3.63, 3.8) is 0 Å². The molecule has 5 heteroatoms. The van der Waals surface area contributed by atoms with Gasteiger partial charge in [-0.2, -0.15) is 0 Å². The van der Waals surface area contributed by atoms with E-state index in [1.165, 1.54) is 0 Å². The van der Waals surface area contributed by atoms with Gasteiger partial charge in [0.25, 0.3) is 0 Å². The van der Waals surface area contributed by atoms with E-state index in [0.717, 1.165) is 17.9 Å². The highest BCUT2D eigenvalue weighted by Gasteiger charge is 2.06. The van der Waals surface area contributed by atoms with E-state index in [4.69, 9.17) is 9.47 Å². The molecule has 0 radical (unpaired) electrons. The monoisotopic (exact) mass is 329 g/mol. The molecule has 0 heterocycles. The van der Waals surface area contributed by atoms with Crippen molar-refractivity contribution >= 4 is 21.8 Å². The lowest BCUT2D eigenvalue weighted by Crippen LogP contribution is -2.28. The van der Waals surface area contributed by atoms with E-state index < -0.39 is 0 Å². The molecule has 0 saturated heterocycles. The molecule has 0 aliphatic carbocycles. The Labute approximate surface area is 122 Å². The number of hydrogen-bond acceptors (Lipinski definition) is 3. The average Bonchev–Trinajstić information content (AvgIpc) is 2.43. The molecule has 4 nitrogen and oxygen atoms in total. The standard InChI is InChI=1S/C14H20BrNO3/c1-16(14(17)7-8-15)9-4-10-19-13-6-3-5-12(11-13)18-2/h3,5-6,11H,4,7-10H2,1-2H3. The fourth-order valence-corrected chi connectivity index (χ4v) is 1.92. The number of benzene rings is 1. The highest BCUT2D eigenvalue weighted by molar-refractivity contribution is 9.09. The van der Waals surface area contributed by atoms with E-state index in [1.54, 1.807) is 12.0 Å². The Morgan fingerprint density at radius 2 is 2.11 bits per heavy atom. The molecule has 0 atom stereocenters. The summed E-state index contributed by atoms with van der Waals surface area (Å²) in [5.74, 6) is 1.72. The Balaban J connectivity index is 2.25. The molecular weight excluding hydrogens is 310 g/mol. The lowest BCUT2D eigenvalue weighted by molar-refractivity contribution is -0.129. The Bertz CT molecular complexity index is 398. The van der Waals surface area contributed by atoms with Gasteiger partial charge in [0.15, 0.2) is 0 Å². The molecule has 0 aliphatic heterocycles. The predicted octanol–water partition coefficient (Wildman–Crippen LogP) is 2.71. The van der Waals surface area contributed by atoms with Crippen LogP contribution in [0, 0.1) is 0 Å². The van der Waals surface area contributed by atoms with Gasteiger partial charge >= 0.3 is 0 Å². The SMILES string of the molecule is COc1cccc(OCCCN(C)C(=O)CCBr)c1. The second-order valence-corrected chi connectivity index (χ2v) is 4.93. The summed E-state index contributed by atoms with van der Waals surface area (Å²) >= 11 is 3.26. The van der Waals surface area contributed by atoms with Crippen LogP contribution in [0.5, 0.6) is 11.5 Å². The third kappa shape index (κ3) is 5.96. The number of halogens is 1. The van der Waals surface area contributed by atoms with Crippen molar-refractivity contribution in [1.82, 2.24) is 4.90 Å². The second kappa shape index (κ2) is 8.80. The third-order valence-electron chi connectivity index (χ3n) is 2.68. The number of amides is 1. The first-order valence-corrected chi connectivity index (χ1v) is 7.36. The number of methoxy groups -OCH3 is 1. The number of alkyl halides is 1. The molecule has 106 valence electrons. The van der Waals surface area contributed by atoms with Gasteiger partial charge in [0, 0.05) is 31.4 Å². The first kappa shape index (κ1) is 15.8. The molecule has 1 aromatic carbocycles. The fourth-order valence-electron chi connectivity index (χ4n) is 1.58. The summed E-state index contributed by atoms with van der Waals surface area (Å²) in [7, 11) is 3.44. The molecule has 19 heavy (non-hydrogen) atoms. The molecule has 0 unspecified atom stereocenters. The predicted molar refractivity (Wildman–Crippen MR) is 79.2 cm³/mol. The normalized spacial score (nSPS) is 10.1. The van der Waals surface area contributed by atoms with Gasteiger partial charge in [-0.3, -0.25) is 4.79 Å². The highest BCUT2D eigenvalue weighted by atomic mass is 79.9. The molecule has 0 N–H and O–H groups in total. The minimum atomic E-state index is 0.151. The third-order valence-corrected chi connectivity index (χ3v) is 3.08. The van der Waals surface area contributed by atoms with Gasteiger partial charge in [0.1, 0.15) is 11.5 Å². The zero-order valence-electron chi connectivity index (χ0n) is 11.4. The Morgan fingerprint density at radius 3 is 2.79 bits per heavy atom. The molecule has 0 aromatic heterocycles. The van der Waals surface area contributed by atoms with Gasteiger partial charge in [-0.05, 0) is 18.6 Å². The van der Waals surface area contributed by atoms with Gasteiger partial charge in [-0.25, -0.2) is 0 Å². The van der Waals surface area contributed by atoms with Crippen LogP contribution in [0.2, 0.25) is 0 Å². The van der Waals surface area contributed by atoms with Crippen molar-refractivity contribution in [3.05, 3.63) is 24.3 Å². The maximum absolute atomic E-state index is 11.5. The number of carbonyl (C=O) groups excluding carboxylic acids is 1. The molecule has 1 amide bonds. The van der Waals surface area contributed by atoms with E-state index >= 15 is 0 Å². The van der Waals surface area contributed by atoms with E-state index in [0.29, 0.717) is 24.9 Å². The van der Waals surface area contributed by atoms with Crippen LogP contribution in [0.1, 0.15) is 12.8 Å². The lowest BCUT2D eigenvalue weighted by Gasteiger charge is -2.16. The average molecular weight is 330 g/mol. The van der Waals surface area contributed by atoms with Gasteiger partial charge in [-0.1, -0.05) is 22.0 Å². The van der Waals surface area contributed by atoms with Gasteiger partial charge < -0.3 is 14.4 Å². The summed E-state index contributed by atoms with van der Waals surface area (Å²) < 4.78 is 10.7. The van der Waals surface area contributed by atoms with Crippen molar-refractivity contribution in [2.45, 2.75) is 12.8 Å². The molecule has 0 spiro atoms. The van der Waals surface area contributed by atoms with Crippen LogP contribution in [0.15, 0.2) is 24.3 Å². The molecule has 0 fully saturated rings. The highest BCUT2D eigenvalue weighted by Crippen LogP contribution is 2.18. The molecule has 0 saturated carbocycles. The van der Waals surface area contributed by atoms with Crippen LogP contribution in [0.4, 0.5) is 0 Å². The smallest absolute Gasteiger partial charge is 0.223 e. The van der Waals surface area contributed by atoms with Crippen LogP contribution in [-0.4, -0.2) is 43.4 Å². The summed E-state index contributed by atoms with van der Waals surface area (Å²) in [5.41, 5.74) is 0. The van der Waals surface area contributed by atoms with Gasteiger partial charge in [-0.15, -0.1) is 0 Å². The molecular formula is C14H20BrNO3. The number of carbonyl (C=O) groups is 1. The molecule has 1 rings (SSSR count). The van der Waals surface area contributed by atoms with Crippen molar-refractivity contribution < 1.29 is 14.3 Å². The van der Waals surface area contributed by atoms with Crippen LogP contribution >= 0.6 is 15.9 Å². The van der Waals surface area contributed by atoms with Crippen LogP contribution in [0.25, 0.3) is 0 Å². The van der Waals surface area contributed by atoms with Crippen LogP contribution < -0.4 is 9.47 Å². The number of rotatable bonds is 8. The maximum Gasteiger partial charge on any atom is 0.223 e. The largest absolute Gasteiger partial charge is 0.497 e. The topological polar surface area (TPSA) is 38.8 Å². The van der Waals surface area contributed by atoms with Crippen molar-refractivity contribution in [1.29, 1.82) is 0 Å². The first-order chi connectivity index (χ1) is 9.17. The summed E-state index contributed by atoms with van der Waals surface area (Å²) in [6, 6.07) is 7.50. The van der Waals surface area contributed by atoms with Gasteiger partial charge in [0.05, 0.1) is 13.7 Å². The zero-order valence-corrected chi connectivity index (χ0v) is 13.0. The second-order valence-electron chi connectivity index (χ2n) is 4.14. The summed E-state index contributed by atoms with van der Waals surface area (Å²) in [6.07, 6.45) is 1.34. The zero-order chi connectivity index (χ0) is 14.1. The molecule has 1 aromatic rings. The van der Waals surface area contributed by atoms with Crippen LogP contribution in [0.3, 0.4) is 0 Å².